The second kappa shape index (κ2) is 9.40. The Morgan fingerprint density at radius 3 is 2.50 bits per heavy atom. The van der Waals surface area contributed by atoms with Gasteiger partial charge in [0.25, 0.3) is 5.91 Å². The Morgan fingerprint density at radius 2 is 1.85 bits per heavy atom. The van der Waals surface area contributed by atoms with Gasteiger partial charge in [0.15, 0.2) is 5.11 Å². The molecular formula is C18H19BrN2O4S. The van der Waals surface area contributed by atoms with Gasteiger partial charge in [-0.25, -0.2) is 0 Å². The Balaban J connectivity index is 2.16. The molecule has 26 heavy (non-hydrogen) atoms. The van der Waals surface area contributed by atoms with E-state index < -0.39 is 0 Å². The lowest BCUT2D eigenvalue weighted by atomic mass is 10.2. The third-order valence-electron chi connectivity index (χ3n) is 3.37. The number of ether oxygens (including phenoxy) is 3. The van der Waals surface area contributed by atoms with E-state index in [0.717, 1.165) is 4.47 Å². The van der Waals surface area contributed by atoms with E-state index in [2.05, 4.69) is 26.6 Å². The summed E-state index contributed by atoms with van der Waals surface area (Å²) in [6.07, 6.45) is 0. The van der Waals surface area contributed by atoms with Crippen LogP contribution >= 0.6 is 28.1 Å². The first-order chi connectivity index (χ1) is 12.5. The number of hydrogen-bond donors (Lipinski definition) is 2. The molecule has 0 aromatic heterocycles. The summed E-state index contributed by atoms with van der Waals surface area (Å²) in [6.45, 7) is 2.30. The second-order valence-corrected chi connectivity index (χ2v) is 6.37. The van der Waals surface area contributed by atoms with Gasteiger partial charge in [0.2, 0.25) is 0 Å². The second-order valence-electron chi connectivity index (χ2n) is 5.05. The summed E-state index contributed by atoms with van der Waals surface area (Å²) in [5.74, 6) is 1.30. The summed E-state index contributed by atoms with van der Waals surface area (Å²) < 4.78 is 16.7. The molecule has 8 heteroatoms. The first-order valence-corrected chi connectivity index (χ1v) is 8.95. The van der Waals surface area contributed by atoms with Crippen molar-refractivity contribution in [3.05, 3.63) is 46.4 Å². The molecule has 0 aliphatic rings. The number of benzene rings is 2. The van der Waals surface area contributed by atoms with Gasteiger partial charge in [0.1, 0.15) is 17.2 Å². The number of halogens is 1. The summed E-state index contributed by atoms with van der Waals surface area (Å²) >= 11 is 8.60. The normalized spacial score (nSPS) is 10.0. The van der Waals surface area contributed by atoms with Crippen molar-refractivity contribution in [1.29, 1.82) is 0 Å². The minimum Gasteiger partial charge on any atom is -0.497 e. The highest BCUT2D eigenvalue weighted by Gasteiger charge is 2.15. The van der Waals surface area contributed by atoms with Crippen LogP contribution in [0.3, 0.4) is 0 Å². The molecule has 1 amide bonds. The monoisotopic (exact) mass is 438 g/mol. The fraction of sp³-hybridized carbons (Fsp3) is 0.222. The summed E-state index contributed by atoms with van der Waals surface area (Å²) in [7, 11) is 3.11. The molecule has 2 aromatic rings. The lowest BCUT2D eigenvalue weighted by molar-refractivity contribution is 0.0974. The third-order valence-corrected chi connectivity index (χ3v) is 4.07. The van der Waals surface area contributed by atoms with Gasteiger partial charge in [0, 0.05) is 10.5 Å². The minimum absolute atomic E-state index is 0.129. The van der Waals surface area contributed by atoms with Gasteiger partial charge in [-0.05, 0) is 49.5 Å². The number of carbonyl (C=O) groups is 1. The number of thiocarbonyl (C=S) groups is 1. The van der Waals surface area contributed by atoms with Crippen molar-refractivity contribution < 1.29 is 19.0 Å². The zero-order chi connectivity index (χ0) is 19.1. The predicted octanol–water partition coefficient (Wildman–Crippen LogP) is 3.99. The van der Waals surface area contributed by atoms with E-state index in [-0.39, 0.29) is 11.0 Å². The van der Waals surface area contributed by atoms with Crippen LogP contribution < -0.4 is 24.8 Å². The average molecular weight is 439 g/mol. The van der Waals surface area contributed by atoms with Gasteiger partial charge in [-0.2, -0.15) is 0 Å². The summed E-state index contributed by atoms with van der Waals surface area (Å²) in [5.41, 5.74) is 0.958. The molecule has 0 bridgehead atoms. The first-order valence-electron chi connectivity index (χ1n) is 7.75. The van der Waals surface area contributed by atoms with Crippen LogP contribution in [0.2, 0.25) is 0 Å². The van der Waals surface area contributed by atoms with Crippen molar-refractivity contribution in [3.8, 4) is 17.2 Å². The molecule has 2 aromatic carbocycles. The van der Waals surface area contributed by atoms with Crippen molar-refractivity contribution in [3.63, 3.8) is 0 Å². The predicted molar refractivity (Wildman–Crippen MR) is 109 cm³/mol. The van der Waals surface area contributed by atoms with Crippen LogP contribution in [0, 0.1) is 0 Å². The van der Waals surface area contributed by atoms with Gasteiger partial charge in [-0.15, -0.1) is 0 Å². The highest BCUT2D eigenvalue weighted by molar-refractivity contribution is 9.10. The maximum absolute atomic E-state index is 12.6. The van der Waals surface area contributed by atoms with E-state index in [0.29, 0.717) is 35.1 Å². The van der Waals surface area contributed by atoms with Gasteiger partial charge < -0.3 is 19.5 Å². The number of hydrogen-bond acceptors (Lipinski definition) is 5. The maximum atomic E-state index is 12.6. The van der Waals surface area contributed by atoms with Gasteiger partial charge >= 0.3 is 0 Å². The van der Waals surface area contributed by atoms with Crippen LogP contribution in [-0.4, -0.2) is 31.8 Å². The average Bonchev–Trinajstić information content (AvgIpc) is 2.63. The largest absolute Gasteiger partial charge is 0.497 e. The molecular weight excluding hydrogens is 420 g/mol. The number of amides is 1. The number of nitrogens with one attached hydrogen (secondary N) is 2. The molecule has 0 atom stereocenters. The Labute approximate surface area is 166 Å². The van der Waals surface area contributed by atoms with Gasteiger partial charge in [0.05, 0.1) is 32.1 Å². The number of anilines is 1. The topological polar surface area (TPSA) is 68.8 Å². The highest BCUT2D eigenvalue weighted by atomic mass is 79.9. The molecule has 2 rings (SSSR count). The molecule has 2 N–H and O–H groups in total. The van der Waals surface area contributed by atoms with Crippen molar-refractivity contribution in [2.24, 2.45) is 0 Å². The standard InChI is InChI=1S/C18H19BrN2O4S/c1-4-25-15-7-5-11(19)9-13(15)17(22)21-18(26)20-14-10-12(23-2)6-8-16(14)24-3/h5-10H,4H2,1-3H3,(H2,20,21,22,26). The van der Waals surface area contributed by atoms with Crippen LogP contribution in [0.15, 0.2) is 40.9 Å². The number of rotatable bonds is 6. The SMILES string of the molecule is CCOc1ccc(Br)cc1C(=O)NC(=S)Nc1cc(OC)ccc1OC. The van der Waals surface area contributed by atoms with E-state index in [1.165, 1.54) is 0 Å². The summed E-state index contributed by atoms with van der Waals surface area (Å²) in [4.78, 5) is 12.6. The van der Waals surface area contributed by atoms with Crippen molar-refractivity contribution in [2.75, 3.05) is 26.1 Å². The molecule has 0 heterocycles. The molecule has 0 aliphatic heterocycles. The van der Waals surface area contributed by atoms with Gasteiger partial charge in [-0.1, -0.05) is 15.9 Å². The fourth-order valence-electron chi connectivity index (χ4n) is 2.20. The van der Waals surface area contributed by atoms with E-state index in [9.17, 15) is 4.79 Å². The Hall–Kier alpha value is -2.32. The van der Waals surface area contributed by atoms with E-state index in [1.54, 1.807) is 50.6 Å². The molecule has 0 radical (unpaired) electrons. The Bertz CT molecular complexity index is 814. The van der Waals surface area contributed by atoms with E-state index in [4.69, 9.17) is 26.4 Å². The van der Waals surface area contributed by atoms with Crippen molar-refractivity contribution in [1.82, 2.24) is 5.32 Å². The summed E-state index contributed by atoms with van der Waals surface area (Å²) in [6, 6.07) is 10.4. The molecule has 0 aliphatic carbocycles. The lowest BCUT2D eigenvalue weighted by Gasteiger charge is -2.15. The van der Waals surface area contributed by atoms with Crippen LogP contribution in [0.25, 0.3) is 0 Å². The summed E-state index contributed by atoms with van der Waals surface area (Å²) in [5, 5.41) is 5.72. The van der Waals surface area contributed by atoms with Crippen molar-refractivity contribution >= 4 is 44.9 Å². The Morgan fingerprint density at radius 1 is 1.12 bits per heavy atom. The minimum atomic E-state index is -0.380. The highest BCUT2D eigenvalue weighted by Crippen LogP contribution is 2.29. The molecule has 138 valence electrons. The number of carbonyl (C=O) groups excluding carboxylic acids is 1. The third kappa shape index (κ3) is 5.09. The number of methoxy groups -OCH3 is 2. The van der Waals surface area contributed by atoms with Crippen LogP contribution in [0.4, 0.5) is 5.69 Å². The fourth-order valence-corrected chi connectivity index (χ4v) is 2.76. The Kier molecular flexibility index (Phi) is 7.23. The molecule has 6 nitrogen and oxygen atoms in total. The molecule has 0 spiro atoms. The molecule has 0 saturated heterocycles. The first kappa shape index (κ1) is 20.0. The molecule has 0 unspecified atom stereocenters. The van der Waals surface area contributed by atoms with Crippen LogP contribution in [-0.2, 0) is 0 Å². The van der Waals surface area contributed by atoms with E-state index in [1.807, 2.05) is 6.92 Å². The zero-order valence-electron chi connectivity index (χ0n) is 14.6. The lowest BCUT2D eigenvalue weighted by Crippen LogP contribution is -2.34. The maximum Gasteiger partial charge on any atom is 0.261 e. The smallest absolute Gasteiger partial charge is 0.261 e. The van der Waals surface area contributed by atoms with Crippen LogP contribution in [0.1, 0.15) is 17.3 Å². The van der Waals surface area contributed by atoms with E-state index >= 15 is 0 Å². The van der Waals surface area contributed by atoms with Crippen molar-refractivity contribution in [2.45, 2.75) is 6.92 Å². The quantitative estimate of drug-likeness (QED) is 0.664. The zero-order valence-corrected chi connectivity index (χ0v) is 17.0. The van der Waals surface area contributed by atoms with Gasteiger partial charge in [-0.3, -0.25) is 10.1 Å². The van der Waals surface area contributed by atoms with Crippen LogP contribution in [0.5, 0.6) is 17.2 Å². The molecule has 0 fully saturated rings. The molecule has 0 saturated carbocycles.